The normalized spacial score (nSPS) is 16.1. The third-order valence-electron chi connectivity index (χ3n) is 6.64. The van der Waals surface area contributed by atoms with Crippen LogP contribution in [0.15, 0.2) is 79.1 Å². The maximum absolute atomic E-state index is 4.54. The molecule has 2 aromatic carbocycles. The molecule has 1 atom stereocenters. The van der Waals surface area contributed by atoms with Crippen molar-refractivity contribution in [2.24, 2.45) is 0 Å². The molecule has 4 aromatic rings. The fraction of sp³-hybridized carbons (Fsp3) is 0.286. The Kier molecular flexibility index (Phi) is 7.07. The molecule has 0 radical (unpaired) electrons. The van der Waals surface area contributed by atoms with Crippen LogP contribution in [0.1, 0.15) is 34.1 Å². The van der Waals surface area contributed by atoms with E-state index in [1.807, 2.05) is 29.2 Å². The third-order valence-corrected chi connectivity index (χ3v) is 6.64. The van der Waals surface area contributed by atoms with E-state index in [4.69, 9.17) is 0 Å². The standard InChI is InChI=1S/C28H31N7/c1-22-9-6-10-23(2)26(22)35-28(30-31-32-35)27(25-14-7-15-29-21-25)34-19-17-33(18-20-34)16-8-13-24-11-4-3-5-12-24/h3-15,21,27H,16-20H2,1-2H3. The summed E-state index contributed by atoms with van der Waals surface area (Å²) in [6, 6.07) is 20.8. The highest BCUT2D eigenvalue weighted by atomic mass is 15.6. The molecule has 0 amide bonds. The van der Waals surface area contributed by atoms with Crippen molar-refractivity contribution in [3.05, 3.63) is 107 Å². The monoisotopic (exact) mass is 465 g/mol. The second-order valence-corrected chi connectivity index (χ2v) is 9.03. The Morgan fingerprint density at radius 2 is 1.66 bits per heavy atom. The molecule has 1 aliphatic heterocycles. The van der Waals surface area contributed by atoms with Crippen LogP contribution in [-0.4, -0.2) is 67.7 Å². The van der Waals surface area contributed by atoms with E-state index in [2.05, 4.69) is 105 Å². The molecule has 35 heavy (non-hydrogen) atoms. The molecule has 7 nitrogen and oxygen atoms in total. The van der Waals surface area contributed by atoms with Crippen LogP contribution >= 0.6 is 0 Å². The summed E-state index contributed by atoms with van der Waals surface area (Å²) in [4.78, 5) is 9.38. The van der Waals surface area contributed by atoms with Crippen molar-refractivity contribution in [3.63, 3.8) is 0 Å². The van der Waals surface area contributed by atoms with Crippen LogP contribution < -0.4 is 0 Å². The number of piperazine rings is 1. The molecule has 0 N–H and O–H groups in total. The van der Waals surface area contributed by atoms with E-state index in [-0.39, 0.29) is 6.04 Å². The van der Waals surface area contributed by atoms with E-state index in [0.29, 0.717) is 0 Å². The molecule has 0 bridgehead atoms. The summed E-state index contributed by atoms with van der Waals surface area (Å²) in [7, 11) is 0. The van der Waals surface area contributed by atoms with Crippen LogP contribution in [0, 0.1) is 13.8 Å². The zero-order valence-electron chi connectivity index (χ0n) is 20.3. The number of rotatable bonds is 7. The van der Waals surface area contributed by atoms with E-state index in [9.17, 15) is 0 Å². The third kappa shape index (κ3) is 5.21. The number of hydrogen-bond donors (Lipinski definition) is 0. The summed E-state index contributed by atoms with van der Waals surface area (Å²) in [5.41, 5.74) is 5.69. The predicted molar refractivity (Wildman–Crippen MR) is 138 cm³/mol. The van der Waals surface area contributed by atoms with Gasteiger partial charge >= 0.3 is 0 Å². The number of hydrogen-bond acceptors (Lipinski definition) is 6. The van der Waals surface area contributed by atoms with Gasteiger partial charge in [0.15, 0.2) is 5.82 Å². The second-order valence-electron chi connectivity index (χ2n) is 9.03. The highest BCUT2D eigenvalue weighted by Gasteiger charge is 2.31. The van der Waals surface area contributed by atoms with Crippen molar-refractivity contribution in [2.75, 3.05) is 32.7 Å². The molecule has 178 valence electrons. The molecule has 5 rings (SSSR count). The number of para-hydroxylation sites is 1. The quantitative estimate of drug-likeness (QED) is 0.410. The maximum atomic E-state index is 4.54. The molecule has 0 aliphatic carbocycles. The Bertz CT molecular complexity index is 1240. The summed E-state index contributed by atoms with van der Waals surface area (Å²) in [6.07, 6.45) is 8.20. The van der Waals surface area contributed by atoms with Gasteiger partial charge in [0, 0.05) is 45.1 Å². The first-order valence-corrected chi connectivity index (χ1v) is 12.1. The molecule has 0 spiro atoms. The lowest BCUT2D eigenvalue weighted by molar-refractivity contribution is 0.113. The van der Waals surface area contributed by atoms with Gasteiger partial charge in [0.25, 0.3) is 0 Å². The van der Waals surface area contributed by atoms with Crippen molar-refractivity contribution in [3.8, 4) is 5.69 Å². The molecule has 1 aliphatic rings. The fourth-order valence-electron chi connectivity index (χ4n) is 4.83. The molecular weight excluding hydrogens is 434 g/mol. The second kappa shape index (κ2) is 10.7. The summed E-state index contributed by atoms with van der Waals surface area (Å²) < 4.78 is 1.91. The lowest BCUT2D eigenvalue weighted by Gasteiger charge is -2.38. The van der Waals surface area contributed by atoms with E-state index < -0.39 is 0 Å². The van der Waals surface area contributed by atoms with Gasteiger partial charge in [-0.25, -0.2) is 0 Å². The van der Waals surface area contributed by atoms with Gasteiger partial charge in [-0.2, -0.15) is 4.68 Å². The Morgan fingerprint density at radius 1 is 0.886 bits per heavy atom. The van der Waals surface area contributed by atoms with Crippen molar-refractivity contribution in [1.82, 2.24) is 35.0 Å². The van der Waals surface area contributed by atoms with E-state index in [1.54, 1.807) is 0 Å². The maximum Gasteiger partial charge on any atom is 0.178 e. The molecule has 2 aromatic heterocycles. The van der Waals surface area contributed by atoms with Crippen LogP contribution in [0.4, 0.5) is 0 Å². The topological polar surface area (TPSA) is 63.0 Å². The Morgan fingerprint density at radius 3 is 2.37 bits per heavy atom. The van der Waals surface area contributed by atoms with Gasteiger partial charge in [0.1, 0.15) is 0 Å². The number of aryl methyl sites for hydroxylation is 2. The number of pyridine rings is 1. The first kappa shape index (κ1) is 23.1. The zero-order valence-corrected chi connectivity index (χ0v) is 20.3. The molecular formula is C28H31N7. The smallest absolute Gasteiger partial charge is 0.178 e. The molecule has 3 heterocycles. The average molecular weight is 466 g/mol. The van der Waals surface area contributed by atoms with Crippen molar-refractivity contribution >= 4 is 6.08 Å². The van der Waals surface area contributed by atoms with Crippen LogP contribution in [0.25, 0.3) is 11.8 Å². The Labute approximate surface area is 206 Å². The zero-order chi connectivity index (χ0) is 24.0. The van der Waals surface area contributed by atoms with Crippen molar-refractivity contribution < 1.29 is 0 Å². The van der Waals surface area contributed by atoms with Gasteiger partial charge < -0.3 is 0 Å². The van der Waals surface area contributed by atoms with Gasteiger partial charge in [-0.1, -0.05) is 66.7 Å². The molecule has 0 saturated carbocycles. The number of benzene rings is 2. The first-order chi connectivity index (χ1) is 17.2. The first-order valence-electron chi connectivity index (χ1n) is 12.1. The number of tetrazole rings is 1. The minimum atomic E-state index is -0.0697. The number of nitrogens with zero attached hydrogens (tertiary/aromatic N) is 7. The fourth-order valence-corrected chi connectivity index (χ4v) is 4.83. The van der Waals surface area contributed by atoms with Gasteiger partial charge in [-0.15, -0.1) is 5.10 Å². The highest BCUT2D eigenvalue weighted by Crippen LogP contribution is 2.30. The van der Waals surface area contributed by atoms with Crippen molar-refractivity contribution in [2.45, 2.75) is 19.9 Å². The minimum Gasteiger partial charge on any atom is -0.297 e. The van der Waals surface area contributed by atoms with Gasteiger partial charge in [0.05, 0.1) is 11.7 Å². The average Bonchev–Trinajstić information content (AvgIpc) is 3.35. The highest BCUT2D eigenvalue weighted by molar-refractivity contribution is 5.49. The molecule has 1 fully saturated rings. The van der Waals surface area contributed by atoms with E-state index >= 15 is 0 Å². The van der Waals surface area contributed by atoms with Gasteiger partial charge in [0.2, 0.25) is 0 Å². The minimum absolute atomic E-state index is 0.0697. The van der Waals surface area contributed by atoms with Gasteiger partial charge in [-0.3, -0.25) is 14.8 Å². The van der Waals surface area contributed by atoms with E-state index in [1.165, 1.54) is 5.56 Å². The van der Waals surface area contributed by atoms with Crippen LogP contribution in [-0.2, 0) is 0 Å². The Hall–Kier alpha value is -3.68. The Balaban J connectivity index is 1.37. The molecule has 1 unspecified atom stereocenters. The van der Waals surface area contributed by atoms with Crippen LogP contribution in [0.5, 0.6) is 0 Å². The van der Waals surface area contributed by atoms with Gasteiger partial charge in [-0.05, 0) is 52.6 Å². The summed E-state index contributed by atoms with van der Waals surface area (Å²) >= 11 is 0. The van der Waals surface area contributed by atoms with Crippen LogP contribution in [0.2, 0.25) is 0 Å². The lowest BCUT2D eigenvalue weighted by atomic mass is 10.0. The summed E-state index contributed by atoms with van der Waals surface area (Å²) in [5.74, 6) is 0.827. The van der Waals surface area contributed by atoms with E-state index in [0.717, 1.165) is 60.9 Å². The largest absolute Gasteiger partial charge is 0.297 e. The molecule has 7 heteroatoms. The summed E-state index contributed by atoms with van der Waals surface area (Å²) in [5, 5.41) is 13.1. The molecule has 1 saturated heterocycles. The van der Waals surface area contributed by atoms with Crippen LogP contribution in [0.3, 0.4) is 0 Å². The lowest BCUT2D eigenvalue weighted by Crippen LogP contribution is -2.48. The summed E-state index contributed by atoms with van der Waals surface area (Å²) in [6.45, 7) is 8.99. The SMILES string of the molecule is Cc1cccc(C)c1-n1nnnc1C(c1cccnc1)N1CCN(CC=Cc2ccccc2)CC1. The van der Waals surface area contributed by atoms with Crippen molar-refractivity contribution in [1.29, 1.82) is 0 Å². The number of aromatic nitrogens is 5. The predicted octanol–water partition coefficient (Wildman–Crippen LogP) is 4.09.